The molecule has 5 rings (SSSR count). The van der Waals surface area contributed by atoms with Crippen LogP contribution < -0.4 is 5.32 Å². The molecule has 1 aromatic carbocycles. The second-order valence-electron chi connectivity index (χ2n) is 8.58. The summed E-state index contributed by atoms with van der Waals surface area (Å²) in [7, 11) is 0. The van der Waals surface area contributed by atoms with Crippen LogP contribution in [0.3, 0.4) is 0 Å². The minimum absolute atomic E-state index is 0.0530. The van der Waals surface area contributed by atoms with Gasteiger partial charge in [-0.2, -0.15) is 15.2 Å². The molecule has 0 atom stereocenters. The normalized spacial score (nSPS) is 14.9. The molecule has 0 unspecified atom stereocenters. The van der Waals surface area contributed by atoms with Crippen molar-refractivity contribution in [2.45, 2.75) is 39.5 Å². The summed E-state index contributed by atoms with van der Waals surface area (Å²) in [6.07, 6.45) is 2.61. The first-order valence-corrected chi connectivity index (χ1v) is 11.1. The summed E-state index contributed by atoms with van der Waals surface area (Å²) in [5.41, 5.74) is 3.23. The molecule has 1 aliphatic heterocycles. The Kier molecular flexibility index (Phi) is 5.51. The summed E-state index contributed by atoms with van der Waals surface area (Å²) in [5.74, 6) is -0.290. The van der Waals surface area contributed by atoms with Gasteiger partial charge in [0, 0.05) is 48.5 Å². The number of halogens is 2. The molecule has 4 aromatic rings. The van der Waals surface area contributed by atoms with E-state index in [0.29, 0.717) is 30.5 Å². The molecule has 33 heavy (non-hydrogen) atoms. The fourth-order valence-corrected chi connectivity index (χ4v) is 4.26. The van der Waals surface area contributed by atoms with Gasteiger partial charge in [0.1, 0.15) is 5.15 Å². The van der Waals surface area contributed by atoms with Gasteiger partial charge in [0.2, 0.25) is 5.95 Å². The molecule has 2 N–H and O–H groups in total. The Morgan fingerprint density at radius 3 is 2.79 bits per heavy atom. The Hall–Kier alpha value is -3.08. The maximum atomic E-state index is 14.6. The van der Waals surface area contributed by atoms with E-state index >= 15 is 0 Å². The second-order valence-corrected chi connectivity index (χ2v) is 8.94. The van der Waals surface area contributed by atoms with Crippen molar-refractivity contribution in [3.63, 3.8) is 0 Å². The van der Waals surface area contributed by atoms with Gasteiger partial charge in [-0.3, -0.25) is 9.58 Å². The van der Waals surface area contributed by atoms with E-state index in [1.54, 1.807) is 10.9 Å². The fourth-order valence-electron chi connectivity index (χ4n) is 3.87. The van der Waals surface area contributed by atoms with E-state index in [2.05, 4.69) is 30.4 Å². The maximum Gasteiger partial charge on any atom is 0.229 e. The van der Waals surface area contributed by atoms with E-state index < -0.39 is 5.82 Å². The van der Waals surface area contributed by atoms with Gasteiger partial charge in [-0.15, -0.1) is 0 Å². The van der Waals surface area contributed by atoms with Crippen molar-refractivity contribution in [3.8, 4) is 5.82 Å². The monoisotopic (exact) mass is 470 g/mol. The number of aromatic nitrogens is 6. The van der Waals surface area contributed by atoms with Crippen LogP contribution in [0.1, 0.15) is 31.1 Å². The van der Waals surface area contributed by atoms with E-state index in [9.17, 15) is 9.50 Å². The number of anilines is 2. The number of aliphatic hydroxyl groups is 1. The molecule has 4 heterocycles. The summed E-state index contributed by atoms with van der Waals surface area (Å²) in [5, 5.41) is 22.9. The van der Waals surface area contributed by atoms with Gasteiger partial charge < -0.3 is 10.4 Å². The van der Waals surface area contributed by atoms with Gasteiger partial charge >= 0.3 is 0 Å². The number of hydrogen-bond acceptors (Lipinski definition) is 7. The minimum atomic E-state index is -0.578. The number of β-amino-alcohol motifs (C(OH)–C–C–N with tert-alkyl or cyclic N) is 1. The predicted octanol–water partition coefficient (Wildman–Crippen LogP) is 3.61. The second kappa shape index (κ2) is 8.36. The number of benzene rings is 1. The van der Waals surface area contributed by atoms with Gasteiger partial charge in [-0.05, 0) is 39.0 Å². The first-order valence-electron chi connectivity index (χ1n) is 10.7. The van der Waals surface area contributed by atoms with Crippen molar-refractivity contribution in [2.75, 3.05) is 18.4 Å². The highest BCUT2D eigenvalue weighted by Crippen LogP contribution is 2.29. The van der Waals surface area contributed by atoms with Gasteiger partial charge in [-0.25, -0.2) is 14.1 Å². The van der Waals surface area contributed by atoms with Crippen molar-refractivity contribution < 1.29 is 9.50 Å². The van der Waals surface area contributed by atoms with Crippen LogP contribution in [-0.4, -0.2) is 58.7 Å². The number of rotatable bonds is 6. The topological polar surface area (TPSA) is 96.9 Å². The van der Waals surface area contributed by atoms with Crippen LogP contribution in [0.5, 0.6) is 0 Å². The molecule has 9 nitrogen and oxygen atoms in total. The molecule has 1 fully saturated rings. The first-order chi connectivity index (χ1) is 15.8. The number of aryl methyl sites for hydroxylation is 1. The van der Waals surface area contributed by atoms with Crippen molar-refractivity contribution in [3.05, 3.63) is 52.8 Å². The molecular weight excluding hydrogens is 447 g/mol. The molecule has 1 saturated heterocycles. The highest BCUT2D eigenvalue weighted by atomic mass is 35.5. The molecular formula is C22H24ClFN8O. The lowest BCUT2D eigenvalue weighted by Gasteiger charge is -2.35. The summed E-state index contributed by atoms with van der Waals surface area (Å²) in [6, 6.07) is 5.72. The zero-order valence-electron chi connectivity index (χ0n) is 18.5. The predicted molar refractivity (Wildman–Crippen MR) is 124 cm³/mol. The summed E-state index contributed by atoms with van der Waals surface area (Å²) in [6.45, 7) is 7.80. The SMILES string of the molecule is Cc1nn(-c2nc(Nc3ccc4nn(C(C)C)c(Cl)c4c3)ncc2F)cc1CN1CC(O)C1. The van der Waals surface area contributed by atoms with E-state index in [1.165, 1.54) is 4.68 Å². The average molecular weight is 471 g/mol. The molecule has 3 aromatic heterocycles. The van der Waals surface area contributed by atoms with Crippen LogP contribution in [0.15, 0.2) is 30.6 Å². The third kappa shape index (κ3) is 4.17. The largest absolute Gasteiger partial charge is 0.390 e. The van der Waals surface area contributed by atoms with E-state index in [4.69, 9.17) is 11.6 Å². The molecule has 0 radical (unpaired) electrons. The van der Waals surface area contributed by atoms with Crippen molar-refractivity contribution in [2.24, 2.45) is 0 Å². The maximum absolute atomic E-state index is 14.6. The number of fused-ring (bicyclic) bond motifs is 1. The zero-order chi connectivity index (χ0) is 23.3. The van der Waals surface area contributed by atoms with Crippen molar-refractivity contribution in [1.82, 2.24) is 34.4 Å². The number of nitrogens with one attached hydrogen (secondary N) is 1. The van der Waals surface area contributed by atoms with E-state index in [1.807, 2.05) is 39.0 Å². The van der Waals surface area contributed by atoms with Gasteiger partial charge in [0.15, 0.2) is 11.6 Å². The van der Waals surface area contributed by atoms with Crippen molar-refractivity contribution >= 4 is 34.1 Å². The van der Waals surface area contributed by atoms with Gasteiger partial charge in [0.05, 0.1) is 23.5 Å². The van der Waals surface area contributed by atoms with Crippen LogP contribution in [0, 0.1) is 12.7 Å². The number of likely N-dealkylation sites (tertiary alicyclic amines) is 1. The average Bonchev–Trinajstić information content (AvgIpc) is 3.28. The van der Waals surface area contributed by atoms with Crippen LogP contribution in [0.2, 0.25) is 5.15 Å². The minimum Gasteiger partial charge on any atom is -0.390 e. The Bertz CT molecular complexity index is 1330. The van der Waals surface area contributed by atoms with E-state index in [0.717, 1.165) is 28.4 Å². The number of aliphatic hydroxyl groups excluding tert-OH is 1. The molecule has 0 amide bonds. The number of nitrogens with zero attached hydrogens (tertiary/aromatic N) is 7. The summed E-state index contributed by atoms with van der Waals surface area (Å²) >= 11 is 6.49. The molecule has 172 valence electrons. The Labute approximate surface area is 194 Å². The van der Waals surface area contributed by atoms with Crippen LogP contribution in [0.4, 0.5) is 16.0 Å². The van der Waals surface area contributed by atoms with Crippen LogP contribution in [0.25, 0.3) is 16.7 Å². The van der Waals surface area contributed by atoms with Gasteiger partial charge in [0.25, 0.3) is 0 Å². The molecule has 0 aliphatic carbocycles. The first kappa shape index (κ1) is 21.7. The Morgan fingerprint density at radius 1 is 1.27 bits per heavy atom. The third-order valence-corrected chi connectivity index (χ3v) is 6.03. The molecule has 11 heteroatoms. The van der Waals surface area contributed by atoms with E-state index in [-0.39, 0.29) is 23.9 Å². The molecule has 0 bridgehead atoms. The highest BCUT2D eigenvalue weighted by Gasteiger charge is 2.25. The lowest BCUT2D eigenvalue weighted by molar-refractivity contribution is -0.00297. The van der Waals surface area contributed by atoms with Gasteiger partial charge in [-0.1, -0.05) is 11.6 Å². The molecule has 0 spiro atoms. The number of hydrogen-bond donors (Lipinski definition) is 2. The lowest BCUT2D eigenvalue weighted by atomic mass is 10.1. The molecule has 0 saturated carbocycles. The third-order valence-electron chi connectivity index (χ3n) is 5.66. The van der Waals surface area contributed by atoms with Crippen molar-refractivity contribution in [1.29, 1.82) is 0 Å². The molecule has 1 aliphatic rings. The summed E-state index contributed by atoms with van der Waals surface area (Å²) < 4.78 is 17.8. The van der Waals surface area contributed by atoms with Crippen LogP contribution >= 0.6 is 11.6 Å². The zero-order valence-corrected chi connectivity index (χ0v) is 19.3. The fraction of sp³-hybridized carbons (Fsp3) is 0.364. The Balaban J connectivity index is 1.41. The highest BCUT2D eigenvalue weighted by molar-refractivity contribution is 6.34. The Morgan fingerprint density at radius 2 is 2.06 bits per heavy atom. The quantitative estimate of drug-likeness (QED) is 0.444. The standard InChI is InChI=1S/C22H24ClFN8O/c1-12(2)32-20(23)17-6-15(4-5-19(17)29-32)26-22-25-7-18(24)21(27-22)31-9-14(13(3)28-31)8-30-10-16(33)11-30/h4-7,9,12,16,33H,8,10-11H2,1-3H3,(H,25,26,27). The summed E-state index contributed by atoms with van der Waals surface area (Å²) in [4.78, 5) is 10.5. The smallest absolute Gasteiger partial charge is 0.229 e. The van der Waals surface area contributed by atoms with Crippen LogP contribution in [-0.2, 0) is 6.54 Å². The lowest BCUT2D eigenvalue weighted by Crippen LogP contribution is -2.49.